The molecular formula is C28H17NS. The average molecular weight is 400 g/mol. The van der Waals surface area contributed by atoms with Gasteiger partial charge in [-0.2, -0.15) is 0 Å². The van der Waals surface area contributed by atoms with Gasteiger partial charge in [0.05, 0.1) is 10.2 Å². The highest BCUT2D eigenvalue weighted by Crippen LogP contribution is 2.40. The van der Waals surface area contributed by atoms with Crippen LogP contribution in [0.15, 0.2) is 97.1 Å². The molecule has 0 saturated carbocycles. The van der Waals surface area contributed by atoms with Crippen LogP contribution in [0.2, 0.25) is 0 Å². The van der Waals surface area contributed by atoms with Crippen LogP contribution in [0.25, 0.3) is 63.9 Å². The first-order chi connectivity index (χ1) is 14.8. The summed E-state index contributed by atoms with van der Waals surface area (Å²) in [5.41, 5.74) is 4.94. The zero-order chi connectivity index (χ0) is 19.7. The highest BCUT2D eigenvalue weighted by Gasteiger charge is 2.12. The van der Waals surface area contributed by atoms with Crippen molar-refractivity contribution < 1.29 is 0 Å². The Hall–Kier alpha value is -3.62. The van der Waals surface area contributed by atoms with Crippen LogP contribution >= 0.6 is 11.3 Å². The van der Waals surface area contributed by atoms with E-state index in [-0.39, 0.29) is 0 Å². The summed E-state index contributed by atoms with van der Waals surface area (Å²) in [7, 11) is 0. The average Bonchev–Trinajstić information content (AvgIpc) is 3.36. The first-order valence-corrected chi connectivity index (χ1v) is 11.0. The Kier molecular flexibility index (Phi) is 3.21. The molecule has 0 aliphatic carbocycles. The fourth-order valence-corrected chi connectivity index (χ4v) is 5.91. The molecule has 2 aromatic heterocycles. The van der Waals surface area contributed by atoms with Crippen molar-refractivity contribution in [3.8, 4) is 11.1 Å². The van der Waals surface area contributed by atoms with E-state index in [1.54, 1.807) is 0 Å². The molecule has 1 nitrogen and oxygen atoms in total. The third kappa shape index (κ3) is 2.23. The Labute approximate surface area is 177 Å². The predicted octanol–water partition coefficient (Wildman–Crippen LogP) is 8.51. The van der Waals surface area contributed by atoms with Gasteiger partial charge in [-0.3, -0.25) is 0 Å². The van der Waals surface area contributed by atoms with Gasteiger partial charge >= 0.3 is 0 Å². The van der Waals surface area contributed by atoms with E-state index in [2.05, 4.69) is 102 Å². The number of aromatic nitrogens is 1. The van der Waals surface area contributed by atoms with Gasteiger partial charge in [0.15, 0.2) is 0 Å². The van der Waals surface area contributed by atoms with Gasteiger partial charge in [0.1, 0.15) is 0 Å². The monoisotopic (exact) mass is 399 g/mol. The lowest BCUT2D eigenvalue weighted by molar-refractivity contribution is 1.56. The lowest BCUT2D eigenvalue weighted by Gasteiger charge is -2.04. The van der Waals surface area contributed by atoms with Crippen LogP contribution in [0.3, 0.4) is 0 Å². The number of H-pyrrole nitrogens is 1. The molecule has 0 unspecified atom stereocenters. The van der Waals surface area contributed by atoms with E-state index in [1.807, 2.05) is 11.3 Å². The summed E-state index contributed by atoms with van der Waals surface area (Å²) in [4.78, 5) is 3.74. The maximum atomic E-state index is 3.74. The molecule has 0 saturated heterocycles. The molecule has 7 rings (SSSR count). The van der Waals surface area contributed by atoms with Crippen molar-refractivity contribution >= 4 is 64.1 Å². The second-order valence-corrected chi connectivity index (χ2v) is 8.96. The highest BCUT2D eigenvalue weighted by atomic mass is 32.1. The number of fused-ring (bicyclic) bond motifs is 8. The topological polar surface area (TPSA) is 15.8 Å². The molecule has 5 aromatic carbocycles. The van der Waals surface area contributed by atoms with Gasteiger partial charge in [-0.15, -0.1) is 11.3 Å². The number of nitrogens with one attached hydrogen (secondary N) is 1. The maximum Gasteiger partial charge on any atom is 0.0646 e. The molecule has 0 radical (unpaired) electrons. The van der Waals surface area contributed by atoms with Gasteiger partial charge in [-0.1, -0.05) is 78.9 Å². The van der Waals surface area contributed by atoms with Crippen molar-refractivity contribution in [1.29, 1.82) is 0 Å². The Morgan fingerprint density at radius 2 is 1.27 bits per heavy atom. The van der Waals surface area contributed by atoms with Gasteiger partial charge in [0, 0.05) is 31.8 Å². The number of thiophene rings is 1. The quantitative estimate of drug-likeness (QED) is 0.285. The summed E-state index contributed by atoms with van der Waals surface area (Å²) in [5.74, 6) is 0. The molecule has 2 heterocycles. The molecule has 140 valence electrons. The summed E-state index contributed by atoms with van der Waals surface area (Å²) in [6, 6.07) is 35.3. The molecule has 0 amide bonds. The predicted molar refractivity (Wildman–Crippen MR) is 132 cm³/mol. The Morgan fingerprint density at radius 1 is 0.533 bits per heavy atom. The Balaban J connectivity index is 1.48. The minimum Gasteiger partial charge on any atom is -0.353 e. The lowest BCUT2D eigenvalue weighted by atomic mass is 10.00. The number of rotatable bonds is 1. The largest absolute Gasteiger partial charge is 0.353 e. The van der Waals surface area contributed by atoms with Crippen LogP contribution in [-0.2, 0) is 0 Å². The Bertz CT molecular complexity index is 1750. The van der Waals surface area contributed by atoms with Gasteiger partial charge in [0.25, 0.3) is 0 Å². The standard InChI is InChI=1S/C28H17NS/c1-2-6-18-15-19(10-9-17(18)5-1)20-11-12-21-23-13-14-24-22-7-3-4-8-26(22)30-28(24)27(23)29-25(21)16-20/h1-16,29H. The van der Waals surface area contributed by atoms with Crippen molar-refractivity contribution in [1.82, 2.24) is 4.98 Å². The lowest BCUT2D eigenvalue weighted by Crippen LogP contribution is -1.79. The van der Waals surface area contributed by atoms with Crippen LogP contribution < -0.4 is 0 Å². The first kappa shape index (κ1) is 16.2. The molecule has 0 aliphatic heterocycles. The van der Waals surface area contributed by atoms with E-state index in [0.717, 1.165) is 0 Å². The highest BCUT2D eigenvalue weighted by molar-refractivity contribution is 7.26. The van der Waals surface area contributed by atoms with Gasteiger partial charge in [-0.05, 0) is 40.1 Å². The summed E-state index contributed by atoms with van der Waals surface area (Å²) in [6.07, 6.45) is 0. The van der Waals surface area contributed by atoms with Crippen molar-refractivity contribution in [2.45, 2.75) is 0 Å². The molecular weight excluding hydrogens is 382 g/mol. The fourth-order valence-electron chi connectivity index (χ4n) is 4.70. The minimum absolute atomic E-state index is 1.20. The molecule has 0 aliphatic rings. The molecule has 30 heavy (non-hydrogen) atoms. The third-order valence-corrected chi connectivity index (χ3v) is 7.40. The zero-order valence-electron chi connectivity index (χ0n) is 16.1. The SMILES string of the molecule is c1ccc2cc(-c3ccc4c(c3)[nH]c3c4ccc4c5ccccc5sc43)ccc2c1. The number of aromatic amines is 1. The first-order valence-electron chi connectivity index (χ1n) is 10.2. The van der Waals surface area contributed by atoms with Crippen molar-refractivity contribution in [2.75, 3.05) is 0 Å². The smallest absolute Gasteiger partial charge is 0.0646 e. The normalized spacial score (nSPS) is 12.0. The zero-order valence-corrected chi connectivity index (χ0v) is 17.0. The van der Waals surface area contributed by atoms with Crippen LogP contribution in [0.4, 0.5) is 0 Å². The number of hydrogen-bond donors (Lipinski definition) is 1. The van der Waals surface area contributed by atoms with Gasteiger partial charge < -0.3 is 4.98 Å². The van der Waals surface area contributed by atoms with E-state index in [1.165, 1.54) is 63.9 Å². The van der Waals surface area contributed by atoms with Gasteiger partial charge in [0.2, 0.25) is 0 Å². The Morgan fingerprint density at radius 3 is 2.23 bits per heavy atom. The molecule has 2 heteroatoms. The summed E-state index contributed by atoms with van der Waals surface area (Å²) in [6.45, 7) is 0. The van der Waals surface area contributed by atoms with E-state index >= 15 is 0 Å². The van der Waals surface area contributed by atoms with Crippen LogP contribution in [0, 0.1) is 0 Å². The summed E-state index contributed by atoms with van der Waals surface area (Å²) < 4.78 is 2.69. The third-order valence-electron chi connectivity index (χ3n) is 6.20. The van der Waals surface area contributed by atoms with Gasteiger partial charge in [-0.25, -0.2) is 0 Å². The molecule has 0 spiro atoms. The summed E-state index contributed by atoms with van der Waals surface area (Å²) >= 11 is 1.88. The summed E-state index contributed by atoms with van der Waals surface area (Å²) in [5, 5.41) is 7.82. The van der Waals surface area contributed by atoms with Crippen molar-refractivity contribution in [3.63, 3.8) is 0 Å². The number of benzene rings is 5. The fraction of sp³-hybridized carbons (Fsp3) is 0. The van der Waals surface area contributed by atoms with Crippen molar-refractivity contribution in [2.24, 2.45) is 0 Å². The second-order valence-electron chi connectivity index (χ2n) is 7.91. The maximum absolute atomic E-state index is 3.74. The van der Waals surface area contributed by atoms with E-state index in [9.17, 15) is 0 Å². The van der Waals surface area contributed by atoms with Crippen molar-refractivity contribution in [3.05, 3.63) is 97.1 Å². The van der Waals surface area contributed by atoms with E-state index < -0.39 is 0 Å². The second kappa shape index (κ2) is 5.94. The van der Waals surface area contributed by atoms with E-state index in [0.29, 0.717) is 0 Å². The molecule has 7 aromatic rings. The number of hydrogen-bond acceptors (Lipinski definition) is 1. The molecule has 0 atom stereocenters. The van der Waals surface area contributed by atoms with Crippen LogP contribution in [0.5, 0.6) is 0 Å². The van der Waals surface area contributed by atoms with Crippen LogP contribution in [-0.4, -0.2) is 4.98 Å². The van der Waals surface area contributed by atoms with Crippen LogP contribution in [0.1, 0.15) is 0 Å². The molecule has 0 bridgehead atoms. The molecule has 0 fully saturated rings. The van der Waals surface area contributed by atoms with E-state index in [4.69, 9.17) is 0 Å². The minimum atomic E-state index is 1.20. The molecule has 1 N–H and O–H groups in total.